The molecule has 0 aliphatic carbocycles. The van der Waals surface area contributed by atoms with Gasteiger partial charge in [-0.1, -0.05) is 31.2 Å². The minimum atomic E-state index is -0.339. The first kappa shape index (κ1) is 14.7. The summed E-state index contributed by atoms with van der Waals surface area (Å²) in [6.07, 6.45) is 0. The van der Waals surface area contributed by atoms with Crippen LogP contribution in [0.2, 0.25) is 0 Å². The first-order valence-electron chi connectivity index (χ1n) is 6.78. The van der Waals surface area contributed by atoms with Crippen LogP contribution >= 0.6 is 0 Å². The Balaban J connectivity index is 2.53. The van der Waals surface area contributed by atoms with Gasteiger partial charge in [0.15, 0.2) is 0 Å². The molecule has 106 valence electrons. The molecule has 2 rings (SSSR count). The van der Waals surface area contributed by atoms with E-state index in [4.69, 9.17) is 0 Å². The quantitative estimate of drug-likeness (QED) is 0.878. The van der Waals surface area contributed by atoms with Crippen LogP contribution in [0.15, 0.2) is 36.4 Å². The van der Waals surface area contributed by atoms with E-state index in [0.29, 0.717) is 17.7 Å². The zero-order valence-electron chi connectivity index (χ0n) is 12.0. The van der Waals surface area contributed by atoms with Crippen LogP contribution in [0.3, 0.4) is 0 Å². The monoisotopic (exact) mass is 275 g/mol. The van der Waals surface area contributed by atoms with Crippen LogP contribution in [0.5, 0.6) is 0 Å². The van der Waals surface area contributed by atoms with Crippen LogP contribution in [0, 0.1) is 25.5 Å². The van der Waals surface area contributed by atoms with Crippen molar-refractivity contribution in [1.29, 1.82) is 0 Å². The van der Waals surface area contributed by atoms with E-state index >= 15 is 0 Å². The summed E-state index contributed by atoms with van der Waals surface area (Å²) in [6, 6.07) is 9.78. The molecule has 20 heavy (non-hydrogen) atoms. The molecular weight excluding hydrogens is 256 g/mol. The highest BCUT2D eigenvalue weighted by Crippen LogP contribution is 2.27. The van der Waals surface area contributed by atoms with Gasteiger partial charge in [0.1, 0.15) is 11.6 Å². The van der Waals surface area contributed by atoms with Gasteiger partial charge in [0.2, 0.25) is 0 Å². The zero-order valence-corrected chi connectivity index (χ0v) is 12.0. The molecule has 0 aliphatic heterocycles. The number of hydrogen-bond donors (Lipinski definition) is 1. The maximum absolute atomic E-state index is 14.3. The minimum absolute atomic E-state index is 0.236. The normalized spacial score (nSPS) is 12.4. The summed E-state index contributed by atoms with van der Waals surface area (Å²) < 4.78 is 27.9. The summed E-state index contributed by atoms with van der Waals surface area (Å²) in [7, 11) is 0. The average molecular weight is 275 g/mol. The Morgan fingerprint density at radius 1 is 1.10 bits per heavy atom. The fourth-order valence-corrected chi connectivity index (χ4v) is 2.44. The third kappa shape index (κ3) is 3.05. The molecule has 0 amide bonds. The van der Waals surface area contributed by atoms with Crippen molar-refractivity contribution < 1.29 is 8.78 Å². The zero-order chi connectivity index (χ0) is 14.7. The molecule has 0 aliphatic rings. The summed E-state index contributed by atoms with van der Waals surface area (Å²) in [5.74, 6) is -0.531. The van der Waals surface area contributed by atoms with Crippen molar-refractivity contribution in [2.45, 2.75) is 26.8 Å². The fraction of sp³-hybridized carbons (Fsp3) is 0.294. The van der Waals surface area contributed by atoms with E-state index in [9.17, 15) is 8.78 Å². The molecule has 0 saturated carbocycles. The SMILES string of the molecule is CCNC(c1cc(C)cc(F)c1)c1cccc(C)c1F. The molecule has 1 N–H and O–H groups in total. The number of hydrogen-bond acceptors (Lipinski definition) is 1. The van der Waals surface area contributed by atoms with Gasteiger partial charge in [-0.25, -0.2) is 8.78 Å². The van der Waals surface area contributed by atoms with Crippen molar-refractivity contribution in [3.63, 3.8) is 0 Å². The van der Waals surface area contributed by atoms with E-state index in [1.54, 1.807) is 19.1 Å². The van der Waals surface area contributed by atoms with Crippen LogP contribution in [0.4, 0.5) is 8.78 Å². The van der Waals surface area contributed by atoms with Crippen molar-refractivity contribution in [1.82, 2.24) is 5.32 Å². The lowest BCUT2D eigenvalue weighted by molar-refractivity contribution is 0.549. The smallest absolute Gasteiger partial charge is 0.131 e. The summed E-state index contributed by atoms with van der Waals surface area (Å²) in [6.45, 7) is 6.20. The maximum atomic E-state index is 14.3. The molecule has 0 heterocycles. The van der Waals surface area contributed by atoms with Crippen molar-refractivity contribution in [3.05, 3.63) is 70.3 Å². The second kappa shape index (κ2) is 6.14. The predicted molar refractivity (Wildman–Crippen MR) is 77.8 cm³/mol. The third-order valence-electron chi connectivity index (χ3n) is 3.34. The van der Waals surface area contributed by atoms with Gasteiger partial charge >= 0.3 is 0 Å². The number of benzene rings is 2. The Bertz CT molecular complexity index is 588. The lowest BCUT2D eigenvalue weighted by atomic mass is 9.95. The number of rotatable bonds is 4. The van der Waals surface area contributed by atoms with Gasteiger partial charge < -0.3 is 5.32 Å². The maximum Gasteiger partial charge on any atom is 0.131 e. The lowest BCUT2D eigenvalue weighted by Gasteiger charge is -2.21. The largest absolute Gasteiger partial charge is 0.306 e. The Hall–Kier alpha value is -1.74. The minimum Gasteiger partial charge on any atom is -0.306 e. The molecule has 0 radical (unpaired) electrons. The summed E-state index contributed by atoms with van der Waals surface area (Å²) >= 11 is 0. The molecular formula is C17H19F2N. The molecule has 1 atom stereocenters. The molecule has 1 unspecified atom stereocenters. The van der Waals surface area contributed by atoms with Gasteiger partial charge in [0.25, 0.3) is 0 Å². The second-order valence-corrected chi connectivity index (χ2v) is 5.03. The van der Waals surface area contributed by atoms with Gasteiger partial charge in [0.05, 0.1) is 6.04 Å². The highest BCUT2D eigenvalue weighted by atomic mass is 19.1. The number of aryl methyl sites for hydroxylation is 2. The van der Waals surface area contributed by atoms with Gasteiger partial charge in [0, 0.05) is 5.56 Å². The Morgan fingerprint density at radius 3 is 2.50 bits per heavy atom. The number of halogens is 2. The van der Waals surface area contributed by atoms with E-state index in [1.165, 1.54) is 12.1 Å². The van der Waals surface area contributed by atoms with Crippen LogP contribution in [0.25, 0.3) is 0 Å². The highest BCUT2D eigenvalue weighted by Gasteiger charge is 2.18. The van der Waals surface area contributed by atoms with E-state index in [1.807, 2.05) is 26.0 Å². The molecule has 0 aromatic heterocycles. The Labute approximate surface area is 118 Å². The van der Waals surface area contributed by atoms with Crippen molar-refractivity contribution in [2.75, 3.05) is 6.54 Å². The molecule has 0 bridgehead atoms. The standard InChI is InChI=1S/C17H19F2N/c1-4-20-17(13-8-11(2)9-14(18)10-13)15-7-5-6-12(3)16(15)19/h5-10,17,20H,4H2,1-3H3. The van der Waals surface area contributed by atoms with E-state index in [0.717, 1.165) is 11.1 Å². The van der Waals surface area contributed by atoms with Gasteiger partial charge in [-0.15, -0.1) is 0 Å². The average Bonchev–Trinajstić information content (AvgIpc) is 2.38. The Kier molecular flexibility index (Phi) is 4.50. The summed E-state index contributed by atoms with van der Waals surface area (Å²) in [4.78, 5) is 0. The fourth-order valence-electron chi connectivity index (χ4n) is 2.44. The molecule has 0 fully saturated rings. The molecule has 2 aromatic rings. The predicted octanol–water partition coefficient (Wildman–Crippen LogP) is 4.28. The molecule has 3 heteroatoms. The van der Waals surface area contributed by atoms with E-state index in [-0.39, 0.29) is 17.7 Å². The second-order valence-electron chi connectivity index (χ2n) is 5.03. The van der Waals surface area contributed by atoms with Crippen molar-refractivity contribution >= 4 is 0 Å². The highest BCUT2D eigenvalue weighted by molar-refractivity contribution is 5.37. The molecule has 0 spiro atoms. The molecule has 2 aromatic carbocycles. The Morgan fingerprint density at radius 2 is 1.85 bits per heavy atom. The van der Waals surface area contributed by atoms with Crippen LogP contribution < -0.4 is 5.32 Å². The van der Waals surface area contributed by atoms with Gasteiger partial charge in [-0.2, -0.15) is 0 Å². The first-order valence-corrected chi connectivity index (χ1v) is 6.78. The molecule has 0 saturated heterocycles. The first-order chi connectivity index (χ1) is 9.52. The number of nitrogens with one attached hydrogen (secondary N) is 1. The van der Waals surface area contributed by atoms with E-state index in [2.05, 4.69) is 5.32 Å². The topological polar surface area (TPSA) is 12.0 Å². The van der Waals surface area contributed by atoms with Crippen LogP contribution in [0.1, 0.15) is 35.2 Å². The van der Waals surface area contributed by atoms with Crippen molar-refractivity contribution in [3.8, 4) is 0 Å². The van der Waals surface area contributed by atoms with E-state index < -0.39 is 0 Å². The lowest BCUT2D eigenvalue weighted by Crippen LogP contribution is -2.23. The van der Waals surface area contributed by atoms with Crippen LogP contribution in [-0.2, 0) is 0 Å². The summed E-state index contributed by atoms with van der Waals surface area (Å²) in [5.41, 5.74) is 2.72. The molecule has 1 nitrogen and oxygen atoms in total. The third-order valence-corrected chi connectivity index (χ3v) is 3.34. The summed E-state index contributed by atoms with van der Waals surface area (Å²) in [5, 5.41) is 3.23. The van der Waals surface area contributed by atoms with Crippen LogP contribution in [-0.4, -0.2) is 6.54 Å². The van der Waals surface area contributed by atoms with Gasteiger partial charge in [-0.05, 0) is 49.2 Å². The van der Waals surface area contributed by atoms with Gasteiger partial charge in [-0.3, -0.25) is 0 Å². The van der Waals surface area contributed by atoms with Crippen molar-refractivity contribution in [2.24, 2.45) is 0 Å².